The lowest BCUT2D eigenvalue weighted by atomic mass is 9.86. The summed E-state index contributed by atoms with van der Waals surface area (Å²) in [6, 6.07) is 2.02. The highest BCUT2D eigenvalue weighted by Crippen LogP contribution is 2.37. The molecule has 2 rings (SSSR count). The van der Waals surface area contributed by atoms with Crippen LogP contribution in [-0.4, -0.2) is 23.1 Å². The van der Waals surface area contributed by atoms with E-state index in [9.17, 15) is 0 Å². The second-order valence-electron chi connectivity index (χ2n) is 6.17. The van der Waals surface area contributed by atoms with Crippen LogP contribution in [0.3, 0.4) is 0 Å². The molecule has 1 aromatic heterocycles. The van der Waals surface area contributed by atoms with Crippen molar-refractivity contribution in [2.24, 2.45) is 11.1 Å². The van der Waals surface area contributed by atoms with Crippen molar-refractivity contribution >= 4 is 5.82 Å². The number of anilines is 1. The van der Waals surface area contributed by atoms with Gasteiger partial charge in [0, 0.05) is 24.2 Å². The summed E-state index contributed by atoms with van der Waals surface area (Å²) in [5.74, 6) is 2.21. The Bertz CT molecular complexity index is 422. The quantitative estimate of drug-likeness (QED) is 0.856. The maximum absolute atomic E-state index is 5.97. The van der Waals surface area contributed by atoms with Crippen molar-refractivity contribution in [1.29, 1.82) is 0 Å². The highest BCUT2D eigenvalue weighted by molar-refractivity contribution is 5.36. The number of nitrogens with zero attached hydrogens (tertiary/aromatic N) is 2. The summed E-state index contributed by atoms with van der Waals surface area (Å²) in [7, 11) is 0. The Morgan fingerprint density at radius 2 is 2.00 bits per heavy atom. The monoisotopic (exact) mass is 262 g/mol. The molecule has 4 nitrogen and oxygen atoms in total. The van der Waals surface area contributed by atoms with E-state index in [-0.39, 0.29) is 5.41 Å². The van der Waals surface area contributed by atoms with Crippen LogP contribution in [-0.2, 0) is 0 Å². The predicted molar refractivity (Wildman–Crippen MR) is 79.3 cm³/mol. The third-order valence-electron chi connectivity index (χ3n) is 4.13. The van der Waals surface area contributed by atoms with Gasteiger partial charge in [0.1, 0.15) is 11.6 Å². The van der Waals surface area contributed by atoms with Gasteiger partial charge in [0.05, 0.1) is 0 Å². The Morgan fingerprint density at radius 1 is 1.32 bits per heavy atom. The molecule has 0 amide bonds. The number of nitrogens with two attached hydrogens (primary N) is 1. The van der Waals surface area contributed by atoms with Crippen LogP contribution in [0.2, 0.25) is 0 Å². The molecule has 3 N–H and O–H groups in total. The predicted octanol–water partition coefficient (Wildman–Crippen LogP) is 2.84. The first-order valence-corrected chi connectivity index (χ1v) is 7.34. The maximum atomic E-state index is 5.97. The number of hydrogen-bond donors (Lipinski definition) is 2. The molecule has 0 unspecified atom stereocenters. The van der Waals surface area contributed by atoms with E-state index in [0.29, 0.717) is 5.92 Å². The number of rotatable bonds is 5. The van der Waals surface area contributed by atoms with Crippen LogP contribution in [0.25, 0.3) is 0 Å². The lowest BCUT2D eigenvalue weighted by molar-refractivity contribution is 0.332. The molecular formula is C15H26N4. The van der Waals surface area contributed by atoms with Gasteiger partial charge in [-0.25, -0.2) is 9.97 Å². The zero-order valence-corrected chi connectivity index (χ0v) is 12.4. The molecule has 0 saturated heterocycles. The average molecular weight is 262 g/mol. The second-order valence-corrected chi connectivity index (χ2v) is 6.17. The van der Waals surface area contributed by atoms with Gasteiger partial charge in [0.15, 0.2) is 0 Å². The molecule has 0 aromatic carbocycles. The largest absolute Gasteiger partial charge is 0.369 e. The van der Waals surface area contributed by atoms with Gasteiger partial charge in [-0.05, 0) is 31.7 Å². The minimum atomic E-state index is 0.275. The Labute approximate surface area is 116 Å². The number of nitrogens with one attached hydrogen (secondary N) is 1. The molecule has 1 aliphatic carbocycles. The molecule has 106 valence electrons. The van der Waals surface area contributed by atoms with Gasteiger partial charge >= 0.3 is 0 Å². The van der Waals surface area contributed by atoms with Crippen LogP contribution in [0.15, 0.2) is 6.07 Å². The zero-order chi connectivity index (χ0) is 13.9. The Morgan fingerprint density at radius 3 is 2.58 bits per heavy atom. The summed E-state index contributed by atoms with van der Waals surface area (Å²) >= 11 is 0. The summed E-state index contributed by atoms with van der Waals surface area (Å²) in [6.07, 6.45) is 5.08. The van der Waals surface area contributed by atoms with Crippen LogP contribution in [0.4, 0.5) is 5.82 Å². The lowest BCUT2D eigenvalue weighted by Gasteiger charge is -2.27. The Hall–Kier alpha value is -1.16. The molecule has 4 heteroatoms. The van der Waals surface area contributed by atoms with E-state index in [1.165, 1.54) is 25.7 Å². The van der Waals surface area contributed by atoms with Crippen LogP contribution in [0, 0.1) is 12.3 Å². The molecule has 1 aromatic rings. The van der Waals surface area contributed by atoms with Gasteiger partial charge in [-0.15, -0.1) is 0 Å². The van der Waals surface area contributed by atoms with E-state index >= 15 is 0 Å². The number of aromatic nitrogens is 2. The molecular weight excluding hydrogens is 236 g/mol. The minimum Gasteiger partial charge on any atom is -0.369 e. The van der Waals surface area contributed by atoms with Crippen LogP contribution < -0.4 is 11.1 Å². The molecule has 1 fully saturated rings. The summed E-state index contributed by atoms with van der Waals surface area (Å²) in [5.41, 5.74) is 7.27. The van der Waals surface area contributed by atoms with Crippen molar-refractivity contribution in [3.05, 3.63) is 17.6 Å². The zero-order valence-electron chi connectivity index (χ0n) is 12.4. The first kappa shape index (κ1) is 14.3. The van der Waals surface area contributed by atoms with Crippen LogP contribution in [0.5, 0.6) is 0 Å². The molecule has 1 heterocycles. The molecule has 19 heavy (non-hydrogen) atoms. The SMILES string of the molecule is Cc1cc(NCC2(CN)CCCC2)nc(C(C)C)n1. The third-order valence-corrected chi connectivity index (χ3v) is 4.13. The van der Waals surface area contributed by atoms with E-state index < -0.39 is 0 Å². The molecule has 0 atom stereocenters. The minimum absolute atomic E-state index is 0.275. The number of aryl methyl sites for hydroxylation is 1. The normalized spacial score (nSPS) is 17.9. The fourth-order valence-corrected chi connectivity index (χ4v) is 2.80. The van der Waals surface area contributed by atoms with Crippen LogP contribution >= 0.6 is 0 Å². The first-order valence-electron chi connectivity index (χ1n) is 7.34. The summed E-state index contributed by atoms with van der Waals surface area (Å²) < 4.78 is 0. The van der Waals surface area contributed by atoms with Gasteiger partial charge in [-0.1, -0.05) is 26.7 Å². The van der Waals surface area contributed by atoms with E-state index in [0.717, 1.165) is 30.4 Å². The van der Waals surface area contributed by atoms with Crippen molar-refractivity contribution in [2.75, 3.05) is 18.4 Å². The van der Waals surface area contributed by atoms with Gasteiger partial charge in [-0.2, -0.15) is 0 Å². The fourth-order valence-electron chi connectivity index (χ4n) is 2.80. The summed E-state index contributed by atoms with van der Waals surface area (Å²) in [6.45, 7) is 7.96. The molecule has 0 spiro atoms. The van der Waals surface area contributed by atoms with E-state index in [2.05, 4.69) is 29.1 Å². The topological polar surface area (TPSA) is 63.8 Å². The highest BCUT2D eigenvalue weighted by Gasteiger charge is 2.32. The van der Waals surface area contributed by atoms with E-state index in [1.54, 1.807) is 0 Å². The Kier molecular flexibility index (Phi) is 4.40. The average Bonchev–Trinajstić information content (AvgIpc) is 2.85. The Balaban J connectivity index is 2.06. The van der Waals surface area contributed by atoms with Gasteiger partial charge in [-0.3, -0.25) is 0 Å². The van der Waals surface area contributed by atoms with Crippen molar-refractivity contribution in [3.63, 3.8) is 0 Å². The summed E-state index contributed by atoms with van der Waals surface area (Å²) in [4.78, 5) is 9.07. The maximum Gasteiger partial charge on any atom is 0.133 e. The molecule has 0 radical (unpaired) electrons. The second kappa shape index (κ2) is 5.87. The molecule has 1 saturated carbocycles. The van der Waals surface area contributed by atoms with Crippen molar-refractivity contribution in [1.82, 2.24) is 9.97 Å². The smallest absolute Gasteiger partial charge is 0.133 e. The van der Waals surface area contributed by atoms with Crippen molar-refractivity contribution in [2.45, 2.75) is 52.4 Å². The third kappa shape index (κ3) is 3.44. The van der Waals surface area contributed by atoms with Gasteiger partial charge < -0.3 is 11.1 Å². The van der Waals surface area contributed by atoms with E-state index in [4.69, 9.17) is 5.73 Å². The number of hydrogen-bond acceptors (Lipinski definition) is 4. The molecule has 0 aliphatic heterocycles. The lowest BCUT2D eigenvalue weighted by Crippen LogP contribution is -2.34. The van der Waals surface area contributed by atoms with Crippen LogP contribution in [0.1, 0.15) is 57.0 Å². The highest BCUT2D eigenvalue weighted by atomic mass is 15.0. The van der Waals surface area contributed by atoms with Gasteiger partial charge in [0.2, 0.25) is 0 Å². The first-order chi connectivity index (χ1) is 9.04. The van der Waals surface area contributed by atoms with Crippen molar-refractivity contribution < 1.29 is 0 Å². The van der Waals surface area contributed by atoms with E-state index in [1.807, 2.05) is 13.0 Å². The molecule has 0 bridgehead atoms. The fraction of sp³-hybridized carbons (Fsp3) is 0.733. The summed E-state index contributed by atoms with van der Waals surface area (Å²) in [5, 5.41) is 3.48. The van der Waals surface area contributed by atoms with Gasteiger partial charge in [0.25, 0.3) is 0 Å². The molecule has 1 aliphatic rings. The van der Waals surface area contributed by atoms with Crippen molar-refractivity contribution in [3.8, 4) is 0 Å². The standard InChI is InChI=1S/C15H26N4/c1-11(2)14-18-12(3)8-13(19-14)17-10-15(9-16)6-4-5-7-15/h8,11H,4-7,9-10,16H2,1-3H3,(H,17,18,19).